The van der Waals surface area contributed by atoms with Crippen LogP contribution in [0.3, 0.4) is 0 Å². The number of fused-ring (bicyclic) bond motifs is 1. The van der Waals surface area contributed by atoms with Gasteiger partial charge < -0.3 is 9.88 Å². The first-order valence-electron chi connectivity index (χ1n) is 7.21. The van der Waals surface area contributed by atoms with Gasteiger partial charge in [-0.25, -0.2) is 0 Å². The fourth-order valence-electron chi connectivity index (χ4n) is 2.95. The van der Waals surface area contributed by atoms with Gasteiger partial charge >= 0.3 is 0 Å². The number of nitrogens with zero attached hydrogens (tertiary/aromatic N) is 1. The van der Waals surface area contributed by atoms with Crippen LogP contribution < -0.4 is 0 Å². The highest BCUT2D eigenvalue weighted by molar-refractivity contribution is 5.55. The van der Waals surface area contributed by atoms with Gasteiger partial charge in [0.15, 0.2) is 0 Å². The molecule has 1 N–H and O–H groups in total. The van der Waals surface area contributed by atoms with Crippen molar-refractivity contribution in [2.45, 2.75) is 39.0 Å². The lowest BCUT2D eigenvalue weighted by Crippen LogP contribution is -2.17. The van der Waals surface area contributed by atoms with Crippen LogP contribution >= 0.6 is 0 Å². The summed E-state index contributed by atoms with van der Waals surface area (Å²) in [6.45, 7) is 4.67. The summed E-state index contributed by atoms with van der Waals surface area (Å²) in [6.07, 6.45) is 13.1. The minimum Gasteiger partial charge on any atom is -0.372 e. The van der Waals surface area contributed by atoms with Gasteiger partial charge in [0.1, 0.15) is 0 Å². The summed E-state index contributed by atoms with van der Waals surface area (Å²) in [7, 11) is 0. The fraction of sp³-hybridized carbons (Fsp3) is 0.500. The molecule has 1 saturated heterocycles. The van der Waals surface area contributed by atoms with Crippen LogP contribution in [0.2, 0.25) is 0 Å². The molecule has 0 atom stereocenters. The lowest BCUT2D eigenvalue weighted by molar-refractivity contribution is 0.438. The van der Waals surface area contributed by atoms with Crippen molar-refractivity contribution in [2.75, 3.05) is 13.1 Å². The topological polar surface area (TPSA) is 19.0 Å². The first-order valence-corrected chi connectivity index (χ1v) is 7.21. The molecule has 2 heterocycles. The second-order valence-corrected chi connectivity index (χ2v) is 5.28. The number of aryl methyl sites for hydroxylation is 2. The fourth-order valence-corrected chi connectivity index (χ4v) is 2.95. The van der Waals surface area contributed by atoms with Crippen molar-refractivity contribution in [3.8, 4) is 0 Å². The number of hydrogen-bond acceptors (Lipinski definition) is 1. The minimum absolute atomic E-state index is 1.09. The van der Waals surface area contributed by atoms with E-state index in [2.05, 4.69) is 41.1 Å². The zero-order valence-corrected chi connectivity index (χ0v) is 11.2. The molecular formula is C16H22N2. The molecular weight excluding hydrogens is 220 g/mol. The molecule has 1 aliphatic heterocycles. The van der Waals surface area contributed by atoms with Gasteiger partial charge in [0.25, 0.3) is 0 Å². The summed E-state index contributed by atoms with van der Waals surface area (Å²) in [5.74, 6) is 0. The molecule has 96 valence electrons. The number of rotatable bonds is 2. The first-order chi connectivity index (χ1) is 8.86. The molecule has 0 unspecified atom stereocenters. The maximum absolute atomic E-state index is 3.53. The van der Waals surface area contributed by atoms with Crippen LogP contribution in [0.1, 0.15) is 43.1 Å². The van der Waals surface area contributed by atoms with Gasteiger partial charge in [-0.1, -0.05) is 13.0 Å². The number of hydrogen-bond donors (Lipinski definition) is 1. The monoisotopic (exact) mass is 242 g/mol. The number of H-pyrrole nitrogens is 1. The van der Waals surface area contributed by atoms with Crippen LogP contribution in [0.15, 0.2) is 23.9 Å². The Morgan fingerprint density at radius 3 is 2.83 bits per heavy atom. The molecule has 1 aliphatic carbocycles. The molecule has 18 heavy (non-hydrogen) atoms. The van der Waals surface area contributed by atoms with E-state index in [1.807, 2.05) is 0 Å². The van der Waals surface area contributed by atoms with Gasteiger partial charge in [0.2, 0.25) is 0 Å². The Hall–Kier alpha value is -1.44. The third kappa shape index (κ3) is 2.24. The average molecular weight is 242 g/mol. The largest absolute Gasteiger partial charge is 0.372 e. The predicted octanol–water partition coefficient (Wildman–Crippen LogP) is 3.52. The van der Waals surface area contributed by atoms with Gasteiger partial charge in [-0.05, 0) is 55.9 Å². The number of likely N-dealkylation sites (tertiary alicyclic amines) is 1. The average Bonchev–Trinajstić information content (AvgIpc) is 2.99. The zero-order chi connectivity index (χ0) is 12.4. The van der Waals surface area contributed by atoms with E-state index in [-0.39, 0.29) is 0 Å². The van der Waals surface area contributed by atoms with E-state index < -0.39 is 0 Å². The quantitative estimate of drug-likeness (QED) is 0.840. The Balaban J connectivity index is 1.84. The van der Waals surface area contributed by atoms with Gasteiger partial charge in [-0.15, -0.1) is 0 Å². The Kier molecular flexibility index (Phi) is 3.26. The van der Waals surface area contributed by atoms with Crippen LogP contribution in [0, 0.1) is 0 Å². The van der Waals surface area contributed by atoms with E-state index in [1.165, 1.54) is 48.6 Å². The van der Waals surface area contributed by atoms with E-state index in [4.69, 9.17) is 0 Å². The van der Waals surface area contributed by atoms with Gasteiger partial charge in [-0.3, -0.25) is 0 Å². The highest BCUT2D eigenvalue weighted by Gasteiger charge is 2.14. The van der Waals surface area contributed by atoms with E-state index in [0.717, 1.165) is 19.3 Å². The summed E-state index contributed by atoms with van der Waals surface area (Å²) < 4.78 is 0. The number of allylic oxidation sites excluding steroid dienone is 2. The van der Waals surface area contributed by atoms with Crippen LogP contribution in [0.25, 0.3) is 6.08 Å². The minimum atomic E-state index is 1.09. The standard InChI is InChI=1S/C16H22N2/c1-2-14-12-13-6-5-7-15(8-9-16(13)17-14)18-10-3-4-11-18/h7-9,12,17H,2-6,10-11H2,1H3/b9-8-,15-7?. The highest BCUT2D eigenvalue weighted by atomic mass is 15.1. The van der Waals surface area contributed by atoms with Gasteiger partial charge in [0, 0.05) is 30.2 Å². The van der Waals surface area contributed by atoms with Crippen molar-refractivity contribution >= 4 is 6.08 Å². The normalized spacial score (nSPS) is 21.2. The third-order valence-corrected chi connectivity index (χ3v) is 4.03. The van der Waals surface area contributed by atoms with Gasteiger partial charge in [0.05, 0.1) is 0 Å². The zero-order valence-electron chi connectivity index (χ0n) is 11.2. The van der Waals surface area contributed by atoms with E-state index in [0.29, 0.717) is 0 Å². The summed E-state index contributed by atoms with van der Waals surface area (Å²) in [4.78, 5) is 6.05. The second-order valence-electron chi connectivity index (χ2n) is 5.28. The molecule has 1 aromatic heterocycles. The van der Waals surface area contributed by atoms with Crippen molar-refractivity contribution in [3.63, 3.8) is 0 Å². The van der Waals surface area contributed by atoms with E-state index in [9.17, 15) is 0 Å². The van der Waals surface area contributed by atoms with Crippen LogP contribution in [-0.2, 0) is 12.8 Å². The van der Waals surface area contributed by atoms with Crippen molar-refractivity contribution in [1.29, 1.82) is 0 Å². The molecule has 0 bridgehead atoms. The lowest BCUT2D eigenvalue weighted by atomic mass is 10.1. The predicted molar refractivity (Wildman–Crippen MR) is 76.4 cm³/mol. The molecule has 2 heteroatoms. The molecule has 1 aromatic rings. The molecule has 0 aromatic carbocycles. The molecule has 2 nitrogen and oxygen atoms in total. The maximum Gasteiger partial charge on any atom is 0.0415 e. The van der Waals surface area contributed by atoms with Crippen LogP contribution in [0.5, 0.6) is 0 Å². The summed E-state index contributed by atoms with van der Waals surface area (Å²) >= 11 is 0. The molecule has 3 rings (SSSR count). The van der Waals surface area contributed by atoms with E-state index >= 15 is 0 Å². The van der Waals surface area contributed by atoms with Crippen molar-refractivity contribution < 1.29 is 0 Å². The summed E-state index contributed by atoms with van der Waals surface area (Å²) in [5, 5.41) is 0. The molecule has 2 aliphatic rings. The Bertz CT molecular complexity index is 473. The second kappa shape index (κ2) is 5.05. The highest BCUT2D eigenvalue weighted by Crippen LogP contribution is 2.23. The summed E-state index contributed by atoms with van der Waals surface area (Å²) in [5.41, 5.74) is 5.57. The van der Waals surface area contributed by atoms with E-state index in [1.54, 1.807) is 0 Å². The Morgan fingerprint density at radius 1 is 1.22 bits per heavy atom. The van der Waals surface area contributed by atoms with Gasteiger partial charge in [-0.2, -0.15) is 0 Å². The van der Waals surface area contributed by atoms with Crippen LogP contribution in [-0.4, -0.2) is 23.0 Å². The molecule has 0 amide bonds. The smallest absolute Gasteiger partial charge is 0.0415 e. The summed E-state index contributed by atoms with van der Waals surface area (Å²) in [6, 6.07) is 2.33. The number of nitrogens with one attached hydrogen (secondary N) is 1. The number of aromatic amines is 1. The maximum atomic E-state index is 3.53. The third-order valence-electron chi connectivity index (χ3n) is 4.03. The number of aromatic nitrogens is 1. The molecule has 0 spiro atoms. The van der Waals surface area contributed by atoms with Crippen LogP contribution in [0.4, 0.5) is 0 Å². The lowest BCUT2D eigenvalue weighted by Gasteiger charge is -2.20. The molecule has 1 fully saturated rings. The molecule has 0 saturated carbocycles. The Morgan fingerprint density at radius 2 is 2.06 bits per heavy atom. The molecule has 0 radical (unpaired) electrons. The SMILES string of the molecule is CCc1cc2c([nH]1)/C=C\C(N1CCCC1)=CCC2. The van der Waals surface area contributed by atoms with Crippen molar-refractivity contribution in [1.82, 2.24) is 9.88 Å². The Labute approximate surface area is 109 Å². The first kappa shape index (κ1) is 11.6. The van der Waals surface area contributed by atoms with Crippen molar-refractivity contribution in [2.24, 2.45) is 0 Å². The van der Waals surface area contributed by atoms with Crippen molar-refractivity contribution in [3.05, 3.63) is 40.9 Å².